The number of aliphatic hydroxyl groups is 16. The summed E-state index contributed by atoms with van der Waals surface area (Å²) in [5.74, 6) is -0.861. The third-order valence-corrected chi connectivity index (χ3v) is 12.7. The molecule has 0 saturated carbocycles. The smallest absolute Gasteiger partial charge is 0.217 e. The van der Waals surface area contributed by atoms with E-state index in [2.05, 4.69) is 5.32 Å². The van der Waals surface area contributed by atoms with Crippen LogP contribution in [0.4, 0.5) is 0 Å². The van der Waals surface area contributed by atoms with E-state index in [0.717, 1.165) is 6.92 Å². The van der Waals surface area contributed by atoms with Crippen LogP contribution in [-0.4, -0.2) is 299 Å². The summed E-state index contributed by atoms with van der Waals surface area (Å²) in [4.78, 5) is 13.0. The molecule has 6 heterocycles. The van der Waals surface area contributed by atoms with Gasteiger partial charge in [0.25, 0.3) is 0 Å². The zero-order valence-electron chi connectivity index (χ0n) is 36.3. The van der Waals surface area contributed by atoms with Crippen LogP contribution in [0.25, 0.3) is 0 Å². The van der Waals surface area contributed by atoms with Gasteiger partial charge in [-0.05, 0) is 13.8 Å². The highest BCUT2D eigenvalue weighted by atomic mass is 16.8. The van der Waals surface area contributed by atoms with Crippen molar-refractivity contribution in [2.24, 2.45) is 0 Å². The fraction of sp³-hybridized carbons (Fsp3) is 0.974. The number of hydrogen-bond acceptors (Lipinski definition) is 28. The van der Waals surface area contributed by atoms with Gasteiger partial charge >= 0.3 is 0 Å². The Bertz CT molecular complexity index is 1560. The fourth-order valence-corrected chi connectivity index (χ4v) is 8.72. The highest BCUT2D eigenvalue weighted by Crippen LogP contribution is 2.38. The molecule has 29 atom stereocenters. The van der Waals surface area contributed by atoms with Crippen LogP contribution in [0.3, 0.4) is 0 Å². The summed E-state index contributed by atoms with van der Waals surface area (Å²) in [5, 5.41) is 174. The lowest BCUT2D eigenvalue weighted by atomic mass is 9.93. The molecule has 12 unspecified atom stereocenters. The molecule has 0 aromatic heterocycles. The minimum absolute atomic E-state index is 0.396. The van der Waals surface area contributed by atoms with Crippen LogP contribution in [0.5, 0.6) is 0 Å². The molecule has 0 aliphatic carbocycles. The second-order valence-electron chi connectivity index (χ2n) is 17.3. The Hall–Kier alpha value is -1.61. The van der Waals surface area contributed by atoms with Gasteiger partial charge in [-0.15, -0.1) is 0 Å². The van der Waals surface area contributed by atoms with Gasteiger partial charge in [-0.25, -0.2) is 0 Å². The maximum Gasteiger partial charge on any atom is 0.217 e. The fourth-order valence-electron chi connectivity index (χ4n) is 8.72. The first-order chi connectivity index (χ1) is 31.7. The minimum Gasteiger partial charge on any atom is -0.394 e. The van der Waals surface area contributed by atoms with Crippen molar-refractivity contribution < 1.29 is 139 Å². The molecule has 29 heteroatoms. The van der Waals surface area contributed by atoms with E-state index < -0.39 is 217 Å². The Labute approximate surface area is 381 Å². The zero-order chi connectivity index (χ0) is 49.3. The highest BCUT2D eigenvalue weighted by Gasteiger charge is 2.58. The van der Waals surface area contributed by atoms with Gasteiger partial charge in [0.2, 0.25) is 5.91 Å². The maximum absolute atomic E-state index is 13.0. The van der Waals surface area contributed by atoms with Crippen molar-refractivity contribution in [2.75, 3.05) is 33.0 Å². The topological polar surface area (TPSA) is 454 Å². The van der Waals surface area contributed by atoms with E-state index >= 15 is 0 Å². The monoisotopic (exact) mass is 983 g/mol. The first-order valence-electron chi connectivity index (χ1n) is 21.7. The molecule has 29 nitrogen and oxygen atoms in total. The van der Waals surface area contributed by atoms with Gasteiger partial charge in [0.05, 0.1) is 45.2 Å². The number of carbonyl (C=O) groups excluding carboxylic acids is 1. The average Bonchev–Trinajstić information content (AvgIpc) is 3.30. The third-order valence-electron chi connectivity index (χ3n) is 12.7. The van der Waals surface area contributed by atoms with Gasteiger partial charge in [-0.3, -0.25) is 4.79 Å². The predicted molar refractivity (Wildman–Crippen MR) is 207 cm³/mol. The molecule has 0 aromatic carbocycles. The first-order valence-corrected chi connectivity index (χ1v) is 21.7. The molecule has 0 spiro atoms. The number of amides is 1. The molecular weight excluding hydrogens is 918 g/mol. The van der Waals surface area contributed by atoms with Crippen LogP contribution in [-0.2, 0) is 56.9 Å². The Morgan fingerprint density at radius 3 is 1.42 bits per heavy atom. The largest absolute Gasteiger partial charge is 0.394 e. The summed E-state index contributed by atoms with van der Waals surface area (Å²) in [6.07, 6.45) is -50.0. The second-order valence-corrected chi connectivity index (χ2v) is 17.3. The lowest BCUT2D eigenvalue weighted by molar-refractivity contribution is -0.400. The van der Waals surface area contributed by atoms with Crippen molar-refractivity contribution >= 4 is 5.91 Å². The summed E-state index contributed by atoms with van der Waals surface area (Å²) in [7, 11) is 0. The number of ether oxygens (including phenoxy) is 11. The van der Waals surface area contributed by atoms with E-state index in [9.17, 15) is 86.5 Å². The van der Waals surface area contributed by atoms with Gasteiger partial charge < -0.3 is 139 Å². The minimum atomic E-state index is -2.11. The van der Waals surface area contributed by atoms with Crippen molar-refractivity contribution in [3.63, 3.8) is 0 Å². The Morgan fingerprint density at radius 2 is 0.881 bits per heavy atom. The predicted octanol–water partition coefficient (Wildman–Crippen LogP) is -11.2. The standard InChI is InChI=1S/C38H65NO28/c1-9-18(46)23(51)26(54)35(58-9)65-31-17(39-11(3)44)34(66-32-22(50)14(5-41)60-37(28(32)56)63-29-15(6-42)57-8-12(45)20(29)48)62-16(7-43)30(31)64-38-33(25(53)21(49)13(4-40)61-38)67-36-27(55)24(52)19(47)10(2)59-36/h9-10,12-38,40-43,45-56H,4-8H2,1-3H3,(H,39,44)/t9?,10-,12+,13-,14?,15?,16?,17-,18+,19+,20?,21-,22-,23-,24?,25?,26?,27?,28-,29+,30+,31?,32?,33?,34-,35-,36-,37-,38-/m0/s1. The summed E-state index contributed by atoms with van der Waals surface area (Å²) in [6, 6.07) is -1.80. The van der Waals surface area contributed by atoms with Crippen molar-refractivity contribution in [1.29, 1.82) is 0 Å². The lowest BCUT2D eigenvalue weighted by Gasteiger charge is -2.52. The van der Waals surface area contributed by atoms with Crippen LogP contribution in [0.15, 0.2) is 0 Å². The van der Waals surface area contributed by atoms with E-state index in [1.165, 1.54) is 13.8 Å². The molecule has 67 heavy (non-hydrogen) atoms. The molecule has 390 valence electrons. The number of carbonyl (C=O) groups is 1. The van der Waals surface area contributed by atoms with Crippen molar-refractivity contribution in [3.8, 4) is 0 Å². The normalized spacial score (nSPS) is 52.1. The van der Waals surface area contributed by atoms with Crippen molar-refractivity contribution in [2.45, 2.75) is 199 Å². The van der Waals surface area contributed by atoms with E-state index in [-0.39, 0.29) is 0 Å². The Kier molecular flexibility index (Phi) is 19.0. The third kappa shape index (κ3) is 11.5. The van der Waals surface area contributed by atoms with Crippen molar-refractivity contribution in [1.82, 2.24) is 5.32 Å². The molecule has 6 saturated heterocycles. The van der Waals surface area contributed by atoms with Gasteiger partial charge in [-0.1, -0.05) is 0 Å². The average molecular weight is 984 g/mol. The second kappa shape index (κ2) is 23.3. The van der Waals surface area contributed by atoms with Gasteiger partial charge in [0.1, 0.15) is 134 Å². The van der Waals surface area contributed by atoms with Gasteiger partial charge in [0, 0.05) is 6.92 Å². The van der Waals surface area contributed by atoms with Crippen molar-refractivity contribution in [3.05, 3.63) is 0 Å². The molecular formula is C38H65NO28. The number of aliphatic hydroxyl groups excluding tert-OH is 16. The van der Waals surface area contributed by atoms with Gasteiger partial charge in [0.15, 0.2) is 31.5 Å². The number of hydrogen-bond donors (Lipinski definition) is 17. The first kappa shape index (κ1) is 54.7. The van der Waals surface area contributed by atoms with E-state index in [1.807, 2.05) is 0 Å². The van der Waals surface area contributed by atoms with E-state index in [4.69, 9.17) is 52.1 Å². The van der Waals surface area contributed by atoms with Crippen LogP contribution in [0, 0.1) is 0 Å². The molecule has 1 amide bonds. The van der Waals surface area contributed by atoms with Crippen LogP contribution in [0.2, 0.25) is 0 Å². The molecule has 0 bridgehead atoms. The van der Waals surface area contributed by atoms with E-state index in [1.54, 1.807) is 0 Å². The lowest BCUT2D eigenvalue weighted by Crippen LogP contribution is -2.71. The molecule has 0 radical (unpaired) electrons. The quantitative estimate of drug-likeness (QED) is 0.0724. The Morgan fingerprint density at radius 1 is 0.433 bits per heavy atom. The SMILES string of the molecule is CC(=O)N[C@H]1C(O[C@@H]2OC(C)[C@@H](O)[C@H](O)C2O)[C@H](O[C@@H]2O[C@@H](CO)[C@H](O)C(O)C2O[C@@H]2O[C@@H](C)[C@@H](O)C(O)C2O)C(CO)O[C@H]1OC1[C@@H](O)C(CO)O[C@@H](O[C@@H]2C(CO)OC[C@@H](O)C2O)[C@H]1O. The van der Waals surface area contributed by atoms with Crippen LogP contribution >= 0.6 is 0 Å². The summed E-state index contributed by atoms with van der Waals surface area (Å²) in [5.41, 5.74) is 0. The van der Waals surface area contributed by atoms with E-state index in [0.29, 0.717) is 0 Å². The molecule has 6 aliphatic rings. The summed E-state index contributed by atoms with van der Waals surface area (Å²) in [6.45, 7) is -0.452. The number of nitrogens with one attached hydrogen (secondary N) is 1. The number of rotatable bonds is 15. The molecule has 0 aromatic rings. The highest BCUT2D eigenvalue weighted by molar-refractivity contribution is 5.73. The van der Waals surface area contributed by atoms with Gasteiger partial charge in [-0.2, -0.15) is 0 Å². The molecule has 6 fully saturated rings. The molecule has 6 aliphatic heterocycles. The molecule has 6 rings (SSSR count). The Balaban J connectivity index is 1.37. The van der Waals surface area contributed by atoms with Crippen LogP contribution in [0.1, 0.15) is 20.8 Å². The van der Waals surface area contributed by atoms with Crippen LogP contribution < -0.4 is 5.32 Å². The zero-order valence-corrected chi connectivity index (χ0v) is 36.3. The summed E-state index contributed by atoms with van der Waals surface area (Å²) >= 11 is 0. The summed E-state index contributed by atoms with van der Waals surface area (Å²) < 4.78 is 64.3. The maximum atomic E-state index is 13.0. The molecule has 17 N–H and O–H groups in total.